The van der Waals surface area contributed by atoms with Crippen LogP contribution in [-0.2, 0) is 0 Å². The summed E-state index contributed by atoms with van der Waals surface area (Å²) in [6.07, 6.45) is 1.42. The SMILES string of the molecule is Clc1cc(Nc2ccc3c(c2)OCCO3)n2ncnc2n1. The highest BCUT2D eigenvalue weighted by Crippen LogP contribution is 2.33. The zero-order chi connectivity index (χ0) is 14.2. The van der Waals surface area contributed by atoms with E-state index in [0.29, 0.717) is 35.7 Å². The van der Waals surface area contributed by atoms with Gasteiger partial charge >= 0.3 is 0 Å². The first-order valence-electron chi connectivity index (χ1n) is 6.32. The average Bonchev–Trinajstić information content (AvgIpc) is 2.95. The van der Waals surface area contributed by atoms with Crippen LogP contribution in [0.4, 0.5) is 11.5 Å². The number of halogens is 1. The first-order chi connectivity index (χ1) is 10.3. The van der Waals surface area contributed by atoms with Gasteiger partial charge < -0.3 is 14.8 Å². The van der Waals surface area contributed by atoms with Crippen LogP contribution in [0.5, 0.6) is 11.5 Å². The normalized spacial score (nSPS) is 13.4. The maximum atomic E-state index is 5.99. The predicted molar refractivity (Wildman–Crippen MR) is 76.5 cm³/mol. The molecule has 0 radical (unpaired) electrons. The van der Waals surface area contributed by atoms with E-state index in [1.54, 1.807) is 10.6 Å². The molecule has 3 heterocycles. The Morgan fingerprint density at radius 3 is 2.90 bits per heavy atom. The van der Waals surface area contributed by atoms with Gasteiger partial charge in [-0.25, -0.2) is 0 Å². The van der Waals surface area contributed by atoms with Crippen molar-refractivity contribution in [3.63, 3.8) is 0 Å². The highest BCUT2D eigenvalue weighted by Gasteiger charge is 2.13. The minimum atomic E-state index is 0.343. The van der Waals surface area contributed by atoms with Crippen LogP contribution in [0.1, 0.15) is 0 Å². The van der Waals surface area contributed by atoms with Crippen LogP contribution in [0, 0.1) is 0 Å². The molecule has 1 aliphatic rings. The molecule has 0 aliphatic carbocycles. The smallest absolute Gasteiger partial charge is 0.255 e. The highest BCUT2D eigenvalue weighted by molar-refractivity contribution is 6.29. The second-order valence-electron chi connectivity index (χ2n) is 4.42. The molecule has 0 saturated heterocycles. The van der Waals surface area contributed by atoms with Crippen LogP contribution in [0.2, 0.25) is 5.15 Å². The van der Waals surface area contributed by atoms with E-state index in [4.69, 9.17) is 21.1 Å². The Bertz CT molecular complexity index is 819. The molecule has 0 atom stereocenters. The summed E-state index contributed by atoms with van der Waals surface area (Å²) in [5.41, 5.74) is 0.832. The number of hydrogen-bond donors (Lipinski definition) is 1. The molecule has 4 rings (SSSR count). The van der Waals surface area contributed by atoms with Crippen molar-refractivity contribution in [1.29, 1.82) is 0 Å². The Hall–Kier alpha value is -2.54. The lowest BCUT2D eigenvalue weighted by Gasteiger charge is -2.19. The van der Waals surface area contributed by atoms with Gasteiger partial charge in [-0.3, -0.25) is 0 Å². The Morgan fingerprint density at radius 2 is 2.00 bits per heavy atom. The summed E-state index contributed by atoms with van der Waals surface area (Å²) in [5, 5.41) is 7.68. The second kappa shape index (κ2) is 4.78. The Morgan fingerprint density at radius 1 is 1.14 bits per heavy atom. The van der Waals surface area contributed by atoms with Gasteiger partial charge in [-0.15, -0.1) is 0 Å². The maximum absolute atomic E-state index is 5.99. The van der Waals surface area contributed by atoms with Crippen molar-refractivity contribution in [3.05, 3.63) is 35.7 Å². The zero-order valence-electron chi connectivity index (χ0n) is 10.8. The van der Waals surface area contributed by atoms with Crippen molar-refractivity contribution in [2.75, 3.05) is 18.5 Å². The van der Waals surface area contributed by atoms with Gasteiger partial charge in [0.2, 0.25) is 0 Å². The van der Waals surface area contributed by atoms with Crippen LogP contribution >= 0.6 is 11.6 Å². The summed E-state index contributed by atoms with van der Waals surface area (Å²) in [7, 11) is 0. The molecule has 0 bridgehead atoms. The van der Waals surface area contributed by atoms with Crippen LogP contribution < -0.4 is 14.8 Å². The van der Waals surface area contributed by atoms with Crippen LogP contribution in [-0.4, -0.2) is 32.8 Å². The Labute approximate surface area is 124 Å². The number of fused-ring (bicyclic) bond motifs is 2. The molecule has 1 aromatic carbocycles. The molecule has 1 aliphatic heterocycles. The van der Waals surface area contributed by atoms with Gasteiger partial charge in [-0.2, -0.15) is 19.6 Å². The lowest BCUT2D eigenvalue weighted by atomic mass is 10.2. The van der Waals surface area contributed by atoms with Crippen LogP contribution in [0.25, 0.3) is 5.78 Å². The summed E-state index contributed by atoms with van der Waals surface area (Å²) in [6, 6.07) is 7.30. The van der Waals surface area contributed by atoms with Crippen molar-refractivity contribution in [3.8, 4) is 11.5 Å². The lowest BCUT2D eigenvalue weighted by molar-refractivity contribution is 0.171. The van der Waals surface area contributed by atoms with Crippen molar-refractivity contribution in [2.24, 2.45) is 0 Å². The predicted octanol–water partition coefficient (Wildman–Crippen LogP) is 2.29. The molecular formula is C13H10ClN5O2. The fourth-order valence-electron chi connectivity index (χ4n) is 2.14. The van der Waals surface area contributed by atoms with E-state index in [2.05, 4.69) is 20.4 Å². The summed E-state index contributed by atoms with van der Waals surface area (Å²) < 4.78 is 12.6. The maximum Gasteiger partial charge on any atom is 0.255 e. The molecule has 0 spiro atoms. The molecule has 0 unspecified atom stereocenters. The summed E-state index contributed by atoms with van der Waals surface area (Å²) in [6.45, 7) is 1.12. The molecule has 7 nitrogen and oxygen atoms in total. The van der Waals surface area contributed by atoms with Crippen molar-refractivity contribution in [1.82, 2.24) is 19.6 Å². The van der Waals surface area contributed by atoms with Crippen molar-refractivity contribution >= 4 is 28.9 Å². The monoisotopic (exact) mass is 303 g/mol. The minimum Gasteiger partial charge on any atom is -0.486 e. The number of aromatic nitrogens is 4. The third-order valence-corrected chi connectivity index (χ3v) is 3.23. The number of rotatable bonds is 2. The molecule has 3 aromatic rings. The molecule has 0 amide bonds. The van der Waals surface area contributed by atoms with E-state index in [9.17, 15) is 0 Å². The largest absolute Gasteiger partial charge is 0.486 e. The van der Waals surface area contributed by atoms with Gasteiger partial charge in [-0.1, -0.05) is 11.6 Å². The van der Waals surface area contributed by atoms with E-state index in [0.717, 1.165) is 11.4 Å². The van der Waals surface area contributed by atoms with E-state index in [1.807, 2.05) is 18.2 Å². The molecule has 21 heavy (non-hydrogen) atoms. The molecule has 0 saturated carbocycles. The van der Waals surface area contributed by atoms with Gasteiger partial charge in [0.25, 0.3) is 5.78 Å². The number of nitrogens with zero attached hydrogens (tertiary/aromatic N) is 4. The molecule has 0 fully saturated rings. The molecule has 1 N–H and O–H groups in total. The van der Waals surface area contributed by atoms with E-state index in [1.165, 1.54) is 6.33 Å². The quantitative estimate of drug-likeness (QED) is 0.732. The summed E-state index contributed by atoms with van der Waals surface area (Å²) in [4.78, 5) is 8.10. The van der Waals surface area contributed by atoms with Gasteiger partial charge in [0.15, 0.2) is 11.5 Å². The van der Waals surface area contributed by atoms with Crippen molar-refractivity contribution < 1.29 is 9.47 Å². The van der Waals surface area contributed by atoms with Gasteiger partial charge in [0.1, 0.15) is 30.5 Å². The third kappa shape index (κ3) is 2.21. The number of anilines is 2. The molecule has 2 aromatic heterocycles. The standard InChI is InChI=1S/C13H10ClN5O2/c14-11-6-12(19-13(18-11)15-7-16-19)17-8-1-2-9-10(5-8)21-4-3-20-9/h1-2,5-7,17H,3-4H2. The van der Waals surface area contributed by atoms with E-state index < -0.39 is 0 Å². The van der Waals surface area contributed by atoms with Gasteiger partial charge in [0, 0.05) is 17.8 Å². The van der Waals surface area contributed by atoms with Crippen LogP contribution in [0.3, 0.4) is 0 Å². The third-order valence-electron chi connectivity index (χ3n) is 3.04. The number of benzene rings is 1. The first kappa shape index (κ1) is 12.2. The van der Waals surface area contributed by atoms with E-state index >= 15 is 0 Å². The fraction of sp³-hybridized carbons (Fsp3) is 0.154. The van der Waals surface area contributed by atoms with Gasteiger partial charge in [0.05, 0.1) is 0 Å². The number of hydrogen-bond acceptors (Lipinski definition) is 6. The summed E-state index contributed by atoms with van der Waals surface area (Å²) >= 11 is 5.99. The minimum absolute atomic E-state index is 0.343. The molecule has 8 heteroatoms. The lowest BCUT2D eigenvalue weighted by Crippen LogP contribution is -2.15. The Kier molecular flexibility index (Phi) is 2.78. The van der Waals surface area contributed by atoms with Crippen LogP contribution in [0.15, 0.2) is 30.6 Å². The molecule has 106 valence electrons. The number of nitrogens with one attached hydrogen (secondary N) is 1. The second-order valence-corrected chi connectivity index (χ2v) is 4.81. The Balaban J connectivity index is 1.72. The van der Waals surface area contributed by atoms with Crippen molar-refractivity contribution in [2.45, 2.75) is 0 Å². The fourth-order valence-corrected chi connectivity index (χ4v) is 2.32. The summed E-state index contributed by atoms with van der Waals surface area (Å²) in [5.74, 6) is 2.55. The van der Waals surface area contributed by atoms with E-state index in [-0.39, 0.29) is 0 Å². The average molecular weight is 304 g/mol. The number of ether oxygens (including phenoxy) is 2. The first-order valence-corrected chi connectivity index (χ1v) is 6.70. The topological polar surface area (TPSA) is 73.6 Å². The zero-order valence-corrected chi connectivity index (χ0v) is 11.5. The molecular weight excluding hydrogens is 294 g/mol. The highest BCUT2D eigenvalue weighted by atomic mass is 35.5. The van der Waals surface area contributed by atoms with Gasteiger partial charge in [-0.05, 0) is 12.1 Å².